The molecule has 1 unspecified atom stereocenters. The molecule has 26 heavy (non-hydrogen) atoms. The molecule has 1 heterocycles. The van der Waals surface area contributed by atoms with Crippen molar-refractivity contribution < 1.29 is 41.1 Å². The Morgan fingerprint density at radius 2 is 1.65 bits per heavy atom. The predicted octanol–water partition coefficient (Wildman–Crippen LogP) is -0.886. The summed E-state index contributed by atoms with van der Waals surface area (Å²) in [5.41, 5.74) is 6.40. The third-order valence-electron chi connectivity index (χ3n) is 4.83. The van der Waals surface area contributed by atoms with E-state index in [0.717, 1.165) is 11.9 Å². The molecule has 1 nitrogen and oxygen atoms in total. The molecule has 3 aromatic rings. The van der Waals surface area contributed by atoms with Crippen LogP contribution in [0, 0.1) is 0 Å². The van der Waals surface area contributed by atoms with Crippen molar-refractivity contribution in [1.29, 1.82) is 0 Å². The van der Waals surface area contributed by atoms with Gasteiger partial charge in [0.25, 0.3) is 0 Å². The fourth-order valence-corrected chi connectivity index (χ4v) is 3.98. The first-order valence-electron chi connectivity index (χ1n) is 8.16. The van der Waals surface area contributed by atoms with Gasteiger partial charge in [-0.3, -0.25) is 0 Å². The van der Waals surface area contributed by atoms with E-state index in [-0.39, 0.29) is 29.1 Å². The van der Waals surface area contributed by atoms with Crippen molar-refractivity contribution in [2.75, 3.05) is 0 Å². The van der Waals surface area contributed by atoms with Gasteiger partial charge in [0.1, 0.15) is 0 Å². The van der Waals surface area contributed by atoms with E-state index in [1.165, 1.54) is 27.7 Å². The number of aromatic nitrogens is 1. The second-order valence-electron chi connectivity index (χ2n) is 6.26. The number of benzene rings is 2. The summed E-state index contributed by atoms with van der Waals surface area (Å²) in [6.45, 7) is 2.23. The van der Waals surface area contributed by atoms with Gasteiger partial charge in [-0.1, -0.05) is 0 Å². The second kappa shape index (κ2) is 8.42. The van der Waals surface area contributed by atoms with Crippen LogP contribution in [-0.2, 0) is 27.0 Å². The maximum Gasteiger partial charge on any atom is -1.00 e. The van der Waals surface area contributed by atoms with E-state index < -0.39 is 0 Å². The molecular weight excluding hydrogens is 401 g/mol. The quantitative estimate of drug-likeness (QED) is 0.537. The average Bonchev–Trinajstić information content (AvgIpc) is 2.91. The number of fused-ring (bicyclic) bond motifs is 1. The van der Waals surface area contributed by atoms with Gasteiger partial charge < -0.3 is 24.8 Å². The summed E-state index contributed by atoms with van der Waals surface area (Å²) in [4.78, 5) is 4.64. The number of hydrogen-bond donors (Lipinski definition) is 0. The van der Waals surface area contributed by atoms with Gasteiger partial charge in [-0.2, -0.15) is 0 Å². The Morgan fingerprint density at radius 1 is 0.923 bits per heavy atom. The van der Waals surface area contributed by atoms with Crippen molar-refractivity contribution in [3.05, 3.63) is 101 Å². The third-order valence-corrected chi connectivity index (χ3v) is 5.86. The minimum absolute atomic E-state index is 0. The summed E-state index contributed by atoms with van der Waals surface area (Å²) >= 11 is 3.44. The van der Waals surface area contributed by atoms with Crippen LogP contribution in [0.4, 0.5) is 0 Å². The van der Waals surface area contributed by atoms with Gasteiger partial charge in [0.15, 0.2) is 0 Å². The van der Waals surface area contributed by atoms with E-state index in [0.29, 0.717) is 0 Å². The monoisotopic (exact) mass is 418 g/mol. The van der Waals surface area contributed by atoms with Crippen molar-refractivity contribution >= 4 is 10.9 Å². The number of nitrogens with zero attached hydrogens (tertiary/aromatic N) is 1. The van der Waals surface area contributed by atoms with E-state index in [4.69, 9.17) is 0 Å². The van der Waals surface area contributed by atoms with Gasteiger partial charge in [-0.15, -0.1) is 0 Å². The van der Waals surface area contributed by atoms with Crippen LogP contribution >= 0.6 is 0 Å². The van der Waals surface area contributed by atoms with E-state index in [9.17, 15) is 0 Å². The molecule has 0 radical (unpaired) electrons. The molecule has 4 rings (SSSR count). The summed E-state index contributed by atoms with van der Waals surface area (Å²) in [5.74, 6) is 0. The average molecular weight is 419 g/mol. The minimum Gasteiger partial charge on any atom is -1.00 e. The van der Waals surface area contributed by atoms with Gasteiger partial charge >= 0.3 is 151 Å². The Balaban J connectivity index is 0.00000121. The van der Waals surface area contributed by atoms with Crippen molar-refractivity contribution in [2.45, 2.75) is 17.6 Å². The molecule has 0 N–H and O–H groups in total. The fraction of sp³-hybridized carbons (Fsp3) is 0.136. The topological polar surface area (TPSA) is 12.9 Å². The molecule has 0 amide bonds. The summed E-state index contributed by atoms with van der Waals surface area (Å²) in [6, 6.07) is 21.2. The summed E-state index contributed by atoms with van der Waals surface area (Å²) in [5, 5.41) is 1.18. The van der Waals surface area contributed by atoms with E-state index >= 15 is 0 Å². The standard InChI is InChI=1S/C22H18N.2ClH.Cr/c1-16-19(15-17-7-3-2-4-8-17)12-13-20(16)21-11-5-9-18-10-6-14-23-22(18)21;;;/h2-14H,15H2,1H3;2*1H;/q;;;+2/p-2. The normalized spacial score (nSPS) is 18.5. The Hall–Kier alpha value is -1.56. The zero-order valence-corrected chi connectivity index (χ0v) is 17.1. The number of rotatable bonds is 3. The van der Waals surface area contributed by atoms with E-state index in [2.05, 4.69) is 94.9 Å². The van der Waals surface area contributed by atoms with Gasteiger partial charge in [0.05, 0.1) is 0 Å². The molecule has 2 aromatic carbocycles. The van der Waals surface area contributed by atoms with Crippen LogP contribution in [0.2, 0.25) is 0 Å². The van der Waals surface area contributed by atoms with Crippen LogP contribution in [0.5, 0.6) is 0 Å². The summed E-state index contributed by atoms with van der Waals surface area (Å²) < 4.78 is -0.210. The molecule has 1 atom stereocenters. The Labute approximate surface area is 175 Å². The van der Waals surface area contributed by atoms with Crippen LogP contribution in [0.15, 0.2) is 90.2 Å². The largest absolute Gasteiger partial charge is 1.00 e. The number of para-hydroxylation sites is 1. The zero-order valence-electron chi connectivity index (χ0n) is 14.3. The van der Waals surface area contributed by atoms with Crippen molar-refractivity contribution in [1.82, 2.24) is 4.98 Å². The molecule has 0 fully saturated rings. The summed E-state index contributed by atoms with van der Waals surface area (Å²) in [6.07, 6.45) is 7.38. The third kappa shape index (κ3) is 3.61. The van der Waals surface area contributed by atoms with Gasteiger partial charge in [0, 0.05) is 0 Å². The number of hydrogen-bond acceptors (Lipinski definition) is 1. The molecule has 1 aliphatic carbocycles. The molecule has 131 valence electrons. The Kier molecular flexibility index (Phi) is 6.72. The van der Waals surface area contributed by atoms with Crippen molar-refractivity contribution in [2.24, 2.45) is 0 Å². The van der Waals surface area contributed by atoms with E-state index in [1.807, 2.05) is 12.3 Å². The smallest absolute Gasteiger partial charge is 1.00 e. The molecule has 1 aliphatic rings. The van der Waals surface area contributed by atoms with Gasteiger partial charge in [-0.05, 0) is 0 Å². The SMILES string of the molecule is CC1=C(Cc2ccccc2)C=C[C]1([Cr+2])c1cccc2cccnc12.[Cl-].[Cl-]. The molecule has 0 aliphatic heterocycles. The zero-order chi connectivity index (χ0) is 16.6. The van der Waals surface area contributed by atoms with Crippen molar-refractivity contribution in [3.8, 4) is 0 Å². The molecular formula is C22H18Cl2CrN. The van der Waals surface area contributed by atoms with Crippen molar-refractivity contribution in [3.63, 3.8) is 0 Å². The van der Waals surface area contributed by atoms with Crippen LogP contribution in [0.1, 0.15) is 18.1 Å². The number of pyridine rings is 1. The predicted molar refractivity (Wildman–Crippen MR) is 95.4 cm³/mol. The van der Waals surface area contributed by atoms with Crippen LogP contribution in [0.3, 0.4) is 0 Å². The molecule has 0 spiro atoms. The van der Waals surface area contributed by atoms with E-state index in [1.54, 1.807) is 0 Å². The number of allylic oxidation sites excluding steroid dienone is 4. The maximum absolute atomic E-state index is 4.64. The Bertz CT molecular complexity index is 961. The Morgan fingerprint density at radius 3 is 2.42 bits per heavy atom. The van der Waals surface area contributed by atoms with Crippen LogP contribution < -0.4 is 24.8 Å². The second-order valence-corrected chi connectivity index (χ2v) is 7.27. The summed E-state index contributed by atoms with van der Waals surface area (Å²) in [7, 11) is 0. The maximum atomic E-state index is 4.64. The van der Waals surface area contributed by atoms with Crippen LogP contribution in [-0.4, -0.2) is 4.98 Å². The minimum atomic E-state index is -0.210. The number of halogens is 2. The first-order valence-corrected chi connectivity index (χ1v) is 8.80. The molecule has 4 heteroatoms. The van der Waals surface area contributed by atoms with Gasteiger partial charge in [-0.25, -0.2) is 0 Å². The van der Waals surface area contributed by atoms with Crippen LogP contribution in [0.25, 0.3) is 10.9 Å². The fourth-order valence-electron chi connectivity index (χ4n) is 3.41. The first-order chi connectivity index (χ1) is 11.7. The molecule has 0 saturated heterocycles. The molecule has 1 aromatic heterocycles. The first kappa shape index (κ1) is 20.8. The molecule has 0 bridgehead atoms. The molecule has 0 saturated carbocycles. The van der Waals surface area contributed by atoms with Gasteiger partial charge in [0.2, 0.25) is 0 Å².